The molecule has 4 aromatic rings. The zero-order chi connectivity index (χ0) is 20.5. The zero-order valence-electron chi connectivity index (χ0n) is 15.7. The fourth-order valence-corrected chi connectivity index (χ4v) is 4.03. The van der Waals surface area contributed by atoms with Crippen LogP contribution >= 0.6 is 11.3 Å². The molecule has 0 radical (unpaired) electrons. The molecule has 2 aromatic carbocycles. The predicted molar refractivity (Wildman–Crippen MR) is 112 cm³/mol. The number of amides is 1. The summed E-state index contributed by atoms with van der Waals surface area (Å²) in [6, 6.07) is 14.1. The number of hydrogen-bond acceptors (Lipinski definition) is 6. The first-order valence-corrected chi connectivity index (χ1v) is 9.74. The van der Waals surface area contributed by atoms with Gasteiger partial charge in [0.2, 0.25) is 5.91 Å². The molecule has 8 nitrogen and oxygen atoms in total. The van der Waals surface area contributed by atoms with E-state index in [4.69, 9.17) is 0 Å². The Kier molecular flexibility index (Phi) is 4.81. The van der Waals surface area contributed by atoms with Gasteiger partial charge in [-0.2, -0.15) is 5.10 Å². The summed E-state index contributed by atoms with van der Waals surface area (Å²) in [6.45, 7) is 3.01. The molecule has 0 fully saturated rings. The van der Waals surface area contributed by atoms with E-state index in [9.17, 15) is 14.9 Å². The van der Waals surface area contributed by atoms with Crippen LogP contribution in [-0.4, -0.2) is 25.6 Å². The molecule has 0 aliphatic carbocycles. The highest BCUT2D eigenvalue weighted by Gasteiger charge is 2.23. The van der Waals surface area contributed by atoms with E-state index in [1.807, 2.05) is 47.8 Å². The zero-order valence-corrected chi connectivity index (χ0v) is 16.6. The van der Waals surface area contributed by atoms with Crippen molar-refractivity contribution < 1.29 is 9.72 Å². The number of aryl methyl sites for hydroxylation is 1. The monoisotopic (exact) mass is 407 g/mol. The van der Waals surface area contributed by atoms with Crippen molar-refractivity contribution in [2.45, 2.75) is 20.4 Å². The molecule has 0 atom stereocenters. The van der Waals surface area contributed by atoms with Gasteiger partial charge >= 0.3 is 5.69 Å². The van der Waals surface area contributed by atoms with Crippen LogP contribution in [0.1, 0.15) is 11.4 Å². The van der Waals surface area contributed by atoms with Gasteiger partial charge in [0.05, 0.1) is 10.6 Å². The van der Waals surface area contributed by atoms with E-state index in [0.29, 0.717) is 10.8 Å². The van der Waals surface area contributed by atoms with Gasteiger partial charge in [-0.05, 0) is 24.6 Å². The van der Waals surface area contributed by atoms with Gasteiger partial charge in [-0.1, -0.05) is 42.5 Å². The van der Waals surface area contributed by atoms with Gasteiger partial charge < -0.3 is 5.32 Å². The van der Waals surface area contributed by atoms with Gasteiger partial charge in [-0.15, -0.1) is 11.3 Å². The van der Waals surface area contributed by atoms with Crippen LogP contribution in [0.5, 0.6) is 0 Å². The molecule has 9 heteroatoms. The largest absolute Gasteiger partial charge is 0.312 e. The molecule has 0 aliphatic rings. The molecule has 0 saturated heterocycles. The van der Waals surface area contributed by atoms with Gasteiger partial charge in [0.25, 0.3) is 0 Å². The summed E-state index contributed by atoms with van der Waals surface area (Å²) in [5, 5.41) is 22.5. The van der Waals surface area contributed by atoms with Crippen molar-refractivity contribution in [3.8, 4) is 11.3 Å². The van der Waals surface area contributed by atoms with Crippen molar-refractivity contribution in [2.75, 3.05) is 5.32 Å². The Hall–Kier alpha value is -3.59. The molecule has 1 N–H and O–H groups in total. The van der Waals surface area contributed by atoms with E-state index in [-0.39, 0.29) is 23.8 Å². The third-order valence-corrected chi connectivity index (χ3v) is 5.39. The quantitative estimate of drug-likeness (QED) is 0.392. The second-order valence-electron chi connectivity index (χ2n) is 6.55. The number of nitrogens with one attached hydrogen (secondary N) is 1. The second kappa shape index (κ2) is 7.44. The van der Waals surface area contributed by atoms with Crippen molar-refractivity contribution >= 4 is 38.8 Å². The van der Waals surface area contributed by atoms with Gasteiger partial charge in [-0.25, -0.2) is 4.98 Å². The molecule has 0 saturated carbocycles. The average molecular weight is 407 g/mol. The SMILES string of the molecule is Cc1nn(CC(=O)Nc2nc(-c3cccc4ccccc34)cs2)c(C)c1[N+](=O)[O-]. The van der Waals surface area contributed by atoms with E-state index in [1.165, 1.54) is 16.0 Å². The summed E-state index contributed by atoms with van der Waals surface area (Å²) >= 11 is 1.33. The summed E-state index contributed by atoms with van der Waals surface area (Å²) in [4.78, 5) is 27.6. The summed E-state index contributed by atoms with van der Waals surface area (Å²) in [7, 11) is 0. The van der Waals surface area contributed by atoms with Crippen molar-refractivity contribution in [1.82, 2.24) is 14.8 Å². The molecule has 2 heterocycles. The molecule has 4 rings (SSSR count). The van der Waals surface area contributed by atoms with E-state index in [0.717, 1.165) is 22.0 Å². The van der Waals surface area contributed by atoms with Crippen molar-refractivity contribution in [3.63, 3.8) is 0 Å². The molecule has 146 valence electrons. The normalized spacial score (nSPS) is 11.0. The third kappa shape index (κ3) is 3.59. The van der Waals surface area contributed by atoms with E-state index in [2.05, 4.69) is 15.4 Å². The third-order valence-electron chi connectivity index (χ3n) is 4.64. The maximum Gasteiger partial charge on any atom is 0.312 e. The molecule has 2 aromatic heterocycles. The van der Waals surface area contributed by atoms with Crippen molar-refractivity contribution in [2.24, 2.45) is 0 Å². The minimum atomic E-state index is -0.483. The minimum Gasteiger partial charge on any atom is -0.300 e. The van der Waals surface area contributed by atoms with Crippen LogP contribution in [0.4, 0.5) is 10.8 Å². The molecule has 0 spiro atoms. The second-order valence-corrected chi connectivity index (χ2v) is 7.41. The number of anilines is 1. The molecule has 0 unspecified atom stereocenters. The standard InChI is InChI=1S/C20H17N5O3S/c1-12-19(25(27)28)13(2)24(23-12)10-18(26)22-20-21-17(11-29-20)16-9-5-7-14-6-3-4-8-15(14)16/h3-9,11H,10H2,1-2H3,(H,21,22,26). The lowest BCUT2D eigenvalue weighted by atomic mass is 10.0. The fraction of sp³-hybridized carbons (Fsp3) is 0.150. The minimum absolute atomic E-state index is 0.0645. The Bertz CT molecular complexity index is 1240. The smallest absolute Gasteiger partial charge is 0.300 e. The maximum absolute atomic E-state index is 12.4. The van der Waals surface area contributed by atoms with Gasteiger partial charge in [-0.3, -0.25) is 19.6 Å². The lowest BCUT2D eigenvalue weighted by molar-refractivity contribution is -0.386. The Morgan fingerprint density at radius 3 is 2.72 bits per heavy atom. The average Bonchev–Trinajstić information content (AvgIpc) is 3.25. The highest BCUT2D eigenvalue weighted by atomic mass is 32.1. The first-order valence-electron chi connectivity index (χ1n) is 8.86. The van der Waals surface area contributed by atoms with Crippen LogP contribution in [0, 0.1) is 24.0 Å². The van der Waals surface area contributed by atoms with Crippen LogP contribution in [0.25, 0.3) is 22.0 Å². The number of carbonyl (C=O) groups excluding carboxylic acids is 1. The number of rotatable bonds is 5. The Balaban J connectivity index is 1.53. The number of aromatic nitrogens is 3. The van der Waals surface area contributed by atoms with E-state index < -0.39 is 4.92 Å². The lowest BCUT2D eigenvalue weighted by Gasteiger charge is -2.04. The summed E-state index contributed by atoms with van der Waals surface area (Å²) in [5.74, 6) is -0.343. The molecule has 29 heavy (non-hydrogen) atoms. The van der Waals surface area contributed by atoms with Crippen LogP contribution < -0.4 is 5.32 Å². The Morgan fingerprint density at radius 1 is 1.21 bits per heavy atom. The number of benzene rings is 2. The number of thiazole rings is 1. The predicted octanol–water partition coefficient (Wildman–Crippen LogP) is 4.32. The lowest BCUT2D eigenvalue weighted by Crippen LogP contribution is -2.20. The number of fused-ring (bicyclic) bond motifs is 1. The van der Waals surface area contributed by atoms with Crippen LogP contribution in [-0.2, 0) is 11.3 Å². The van der Waals surface area contributed by atoms with E-state index >= 15 is 0 Å². The fourth-order valence-electron chi connectivity index (χ4n) is 3.30. The molecular weight excluding hydrogens is 390 g/mol. The summed E-state index contributed by atoms with van der Waals surface area (Å²) in [5.41, 5.74) is 2.34. The van der Waals surface area contributed by atoms with Gasteiger partial charge in [0.1, 0.15) is 17.9 Å². The number of carbonyl (C=O) groups is 1. The van der Waals surface area contributed by atoms with Crippen molar-refractivity contribution in [3.05, 3.63) is 69.3 Å². The first-order chi connectivity index (χ1) is 13.9. The number of hydrogen-bond donors (Lipinski definition) is 1. The number of nitrogens with zero attached hydrogens (tertiary/aromatic N) is 4. The number of nitro groups is 1. The van der Waals surface area contributed by atoms with Crippen molar-refractivity contribution in [1.29, 1.82) is 0 Å². The molecule has 0 aliphatic heterocycles. The molecule has 1 amide bonds. The highest BCUT2D eigenvalue weighted by molar-refractivity contribution is 7.14. The topological polar surface area (TPSA) is 103 Å². The van der Waals surface area contributed by atoms with Crippen LogP contribution in [0.2, 0.25) is 0 Å². The highest BCUT2D eigenvalue weighted by Crippen LogP contribution is 2.31. The van der Waals surface area contributed by atoms with Gasteiger partial charge in [0, 0.05) is 10.9 Å². The first kappa shape index (κ1) is 18.8. The van der Waals surface area contributed by atoms with Gasteiger partial charge in [0.15, 0.2) is 5.13 Å². The Morgan fingerprint density at radius 2 is 1.97 bits per heavy atom. The maximum atomic E-state index is 12.4. The summed E-state index contributed by atoms with van der Waals surface area (Å²) in [6.07, 6.45) is 0. The summed E-state index contributed by atoms with van der Waals surface area (Å²) < 4.78 is 1.34. The molecular formula is C20H17N5O3S. The van der Waals surface area contributed by atoms with E-state index in [1.54, 1.807) is 13.8 Å². The molecule has 0 bridgehead atoms. The van der Waals surface area contributed by atoms with Crippen LogP contribution in [0.3, 0.4) is 0 Å². The Labute approximate surface area is 170 Å². The van der Waals surface area contributed by atoms with Crippen LogP contribution in [0.15, 0.2) is 47.8 Å².